The van der Waals surface area contributed by atoms with Crippen LogP contribution in [0.15, 0.2) is 46.5 Å². The number of aryl methyl sites for hydroxylation is 1. The fourth-order valence-corrected chi connectivity index (χ4v) is 3.87. The van der Waals surface area contributed by atoms with E-state index in [0.717, 1.165) is 11.1 Å². The minimum Gasteiger partial charge on any atom is -0.493 e. The molecule has 1 rings (SSSR count). The second-order valence-electron chi connectivity index (χ2n) is 8.70. The molecule has 1 aromatic rings. The van der Waals surface area contributed by atoms with E-state index in [1.54, 1.807) is 19.9 Å². The molecule has 0 unspecified atom stereocenters. The van der Waals surface area contributed by atoms with Crippen molar-refractivity contribution >= 4 is 24.6 Å². The lowest BCUT2D eigenvalue weighted by atomic mass is 9.82. The molecule has 10 heteroatoms. The van der Waals surface area contributed by atoms with Crippen LogP contribution in [-0.2, 0) is 33.3 Å². The van der Waals surface area contributed by atoms with Gasteiger partial charge >= 0.3 is 11.9 Å². The SMILES string of the molecule is C=N/C(C(=O)N[C@@H](C)C(=O)O[C@@H](C)[C@H](c1ccc(F)cc1C)C(C)C)=C(OCOC(C)=O)\C(=C/C)OC. The smallest absolute Gasteiger partial charge is 0.328 e. The molecule has 0 heterocycles. The molecule has 1 N–H and O–H groups in total. The Morgan fingerprint density at radius 3 is 2.30 bits per heavy atom. The molecule has 3 atom stereocenters. The molecule has 0 aromatic heterocycles. The molecule has 0 spiro atoms. The predicted molar refractivity (Wildman–Crippen MR) is 137 cm³/mol. The molecule has 9 nitrogen and oxygen atoms in total. The van der Waals surface area contributed by atoms with Crippen molar-refractivity contribution in [3.63, 3.8) is 0 Å². The van der Waals surface area contributed by atoms with E-state index in [9.17, 15) is 18.8 Å². The number of amides is 1. The second kappa shape index (κ2) is 14.8. The van der Waals surface area contributed by atoms with E-state index in [0.29, 0.717) is 0 Å². The topological polar surface area (TPSA) is 113 Å². The number of ether oxygens (including phenoxy) is 4. The number of hydrogen-bond donors (Lipinski definition) is 1. The summed E-state index contributed by atoms with van der Waals surface area (Å²) in [5.74, 6) is -2.47. The van der Waals surface area contributed by atoms with Crippen molar-refractivity contribution in [1.82, 2.24) is 5.32 Å². The summed E-state index contributed by atoms with van der Waals surface area (Å²) < 4.78 is 34.7. The quantitative estimate of drug-likeness (QED) is 0.103. The summed E-state index contributed by atoms with van der Waals surface area (Å²) >= 11 is 0. The highest BCUT2D eigenvalue weighted by atomic mass is 19.1. The van der Waals surface area contributed by atoms with Gasteiger partial charge in [0.05, 0.1) is 7.11 Å². The number of methoxy groups -OCH3 is 1. The van der Waals surface area contributed by atoms with Crippen LogP contribution in [0.5, 0.6) is 0 Å². The monoisotopic (exact) mass is 520 g/mol. The number of rotatable bonds is 13. The summed E-state index contributed by atoms with van der Waals surface area (Å²) in [6, 6.07) is 3.47. The fourth-order valence-electron chi connectivity index (χ4n) is 3.87. The summed E-state index contributed by atoms with van der Waals surface area (Å²) in [5.41, 5.74) is 1.35. The Morgan fingerprint density at radius 1 is 1.16 bits per heavy atom. The van der Waals surface area contributed by atoms with Gasteiger partial charge in [-0.25, -0.2) is 9.18 Å². The van der Waals surface area contributed by atoms with Crippen molar-refractivity contribution in [1.29, 1.82) is 0 Å². The minimum absolute atomic E-state index is 0.0848. The Balaban J connectivity index is 3.09. The maximum absolute atomic E-state index is 13.6. The first-order chi connectivity index (χ1) is 17.4. The summed E-state index contributed by atoms with van der Waals surface area (Å²) in [6.45, 7) is 14.8. The van der Waals surface area contributed by atoms with E-state index >= 15 is 0 Å². The zero-order chi connectivity index (χ0) is 28.3. The zero-order valence-corrected chi connectivity index (χ0v) is 22.7. The molecule has 0 fully saturated rings. The average Bonchev–Trinajstić information content (AvgIpc) is 2.81. The number of nitrogens with one attached hydrogen (secondary N) is 1. The van der Waals surface area contributed by atoms with E-state index in [1.165, 1.54) is 39.2 Å². The normalized spacial score (nSPS) is 14.6. The molecule has 0 bridgehead atoms. The first-order valence-electron chi connectivity index (χ1n) is 11.8. The first-order valence-corrected chi connectivity index (χ1v) is 11.8. The molecular weight excluding hydrogens is 483 g/mol. The highest BCUT2D eigenvalue weighted by Gasteiger charge is 2.30. The third-order valence-electron chi connectivity index (χ3n) is 5.58. The van der Waals surface area contributed by atoms with E-state index in [4.69, 9.17) is 18.9 Å². The lowest BCUT2D eigenvalue weighted by molar-refractivity contribution is -0.153. The van der Waals surface area contributed by atoms with E-state index in [-0.39, 0.29) is 34.9 Å². The van der Waals surface area contributed by atoms with Gasteiger partial charge in [0.2, 0.25) is 6.79 Å². The van der Waals surface area contributed by atoms with Gasteiger partial charge in [-0.15, -0.1) is 0 Å². The maximum atomic E-state index is 13.6. The summed E-state index contributed by atoms with van der Waals surface area (Å²) in [6.07, 6.45) is 0.957. The van der Waals surface area contributed by atoms with Gasteiger partial charge in [0, 0.05) is 12.8 Å². The van der Waals surface area contributed by atoms with E-state index in [1.807, 2.05) is 20.8 Å². The Labute approximate surface area is 217 Å². The lowest BCUT2D eigenvalue weighted by Gasteiger charge is -2.30. The van der Waals surface area contributed by atoms with Crippen LogP contribution in [0.2, 0.25) is 0 Å². The van der Waals surface area contributed by atoms with Crippen molar-refractivity contribution < 1.29 is 37.7 Å². The van der Waals surface area contributed by atoms with Gasteiger partial charge in [-0.2, -0.15) is 0 Å². The Hall–Kier alpha value is -3.69. The molecule has 1 amide bonds. The zero-order valence-electron chi connectivity index (χ0n) is 22.7. The number of aliphatic imine (C=N–C) groups is 1. The minimum atomic E-state index is -1.06. The largest absolute Gasteiger partial charge is 0.493 e. The van der Waals surface area contributed by atoms with Crippen LogP contribution < -0.4 is 5.32 Å². The van der Waals surface area contributed by atoms with E-state index in [2.05, 4.69) is 17.0 Å². The highest BCUT2D eigenvalue weighted by molar-refractivity contribution is 5.97. The van der Waals surface area contributed by atoms with Crippen LogP contribution in [-0.4, -0.2) is 50.6 Å². The Kier molecular flexibility index (Phi) is 12.5. The Bertz CT molecular complexity index is 1050. The molecular formula is C27H37FN2O7. The number of carbonyl (C=O) groups is 3. The molecule has 0 saturated heterocycles. The average molecular weight is 521 g/mol. The van der Waals surface area contributed by atoms with Gasteiger partial charge in [-0.05, 0) is 69.7 Å². The summed E-state index contributed by atoms with van der Waals surface area (Å²) in [7, 11) is 1.36. The van der Waals surface area contributed by atoms with Gasteiger partial charge in [0.25, 0.3) is 5.91 Å². The molecule has 1 aromatic carbocycles. The van der Waals surface area contributed by atoms with Crippen LogP contribution in [0.1, 0.15) is 58.6 Å². The summed E-state index contributed by atoms with van der Waals surface area (Å²) in [4.78, 5) is 40.7. The van der Waals surface area contributed by atoms with Crippen LogP contribution in [0.25, 0.3) is 0 Å². The molecule has 0 aliphatic carbocycles. The molecule has 0 aliphatic heterocycles. The van der Waals surface area contributed by atoms with Gasteiger partial charge in [0.15, 0.2) is 17.2 Å². The van der Waals surface area contributed by atoms with Crippen LogP contribution in [0.3, 0.4) is 0 Å². The number of esters is 2. The number of nitrogens with zero attached hydrogens (tertiary/aromatic N) is 1. The van der Waals surface area contributed by atoms with Gasteiger partial charge in [0.1, 0.15) is 18.0 Å². The van der Waals surface area contributed by atoms with Crippen LogP contribution >= 0.6 is 0 Å². The maximum Gasteiger partial charge on any atom is 0.328 e. The van der Waals surface area contributed by atoms with Gasteiger partial charge in [-0.3, -0.25) is 14.6 Å². The van der Waals surface area contributed by atoms with Crippen LogP contribution in [0, 0.1) is 18.7 Å². The second-order valence-corrected chi connectivity index (χ2v) is 8.70. The third kappa shape index (κ3) is 9.04. The van der Waals surface area contributed by atoms with Crippen molar-refractivity contribution in [2.45, 2.75) is 66.5 Å². The van der Waals surface area contributed by atoms with Gasteiger partial charge < -0.3 is 24.3 Å². The Morgan fingerprint density at radius 2 is 1.81 bits per heavy atom. The number of halogens is 1. The molecule has 37 heavy (non-hydrogen) atoms. The number of benzene rings is 1. The molecule has 0 radical (unpaired) electrons. The fraction of sp³-hybridized carbons (Fsp3) is 0.481. The standard InChI is InChI=1S/C27H37FN2O7/c1-10-22(34-9)25(36-14-35-19(7)31)24(29-8)26(32)30-17(5)27(33)37-18(6)23(15(2)3)21-12-11-20(28)13-16(21)4/h10-13,15,17-18,23H,8,14H2,1-7,9H3,(H,30,32)/b22-10+,25-24+/t17-,18-,23+/m0/s1. The number of carbonyl (C=O) groups excluding carboxylic acids is 3. The van der Waals surface area contributed by atoms with Gasteiger partial charge in [-0.1, -0.05) is 19.9 Å². The van der Waals surface area contributed by atoms with Crippen molar-refractivity contribution in [3.8, 4) is 0 Å². The lowest BCUT2D eigenvalue weighted by Crippen LogP contribution is -2.42. The first kappa shape index (κ1) is 31.3. The van der Waals surface area contributed by atoms with Crippen molar-refractivity contribution in [2.24, 2.45) is 10.9 Å². The summed E-state index contributed by atoms with van der Waals surface area (Å²) in [5, 5.41) is 2.52. The number of allylic oxidation sites excluding steroid dienone is 1. The number of hydrogen-bond acceptors (Lipinski definition) is 8. The van der Waals surface area contributed by atoms with Crippen LogP contribution in [0.4, 0.5) is 4.39 Å². The van der Waals surface area contributed by atoms with Crippen molar-refractivity contribution in [2.75, 3.05) is 13.9 Å². The molecule has 0 aliphatic rings. The highest BCUT2D eigenvalue weighted by Crippen LogP contribution is 2.32. The van der Waals surface area contributed by atoms with Crippen molar-refractivity contribution in [3.05, 3.63) is 58.4 Å². The predicted octanol–water partition coefficient (Wildman–Crippen LogP) is 4.31. The third-order valence-corrected chi connectivity index (χ3v) is 5.58. The van der Waals surface area contributed by atoms with E-state index < -0.39 is 36.8 Å². The molecule has 204 valence electrons. The molecule has 0 saturated carbocycles.